The fourth-order valence-electron chi connectivity index (χ4n) is 3.07. The lowest BCUT2D eigenvalue weighted by Gasteiger charge is -2.07. The van der Waals surface area contributed by atoms with Gasteiger partial charge in [-0.3, -0.25) is 9.59 Å². The number of aromatic nitrogens is 2. The molecule has 2 aromatic carbocycles. The number of para-hydroxylation sites is 1. The second-order valence-corrected chi connectivity index (χ2v) is 6.14. The summed E-state index contributed by atoms with van der Waals surface area (Å²) < 4.78 is 12.2. The van der Waals surface area contributed by atoms with Gasteiger partial charge in [-0.15, -0.1) is 0 Å². The van der Waals surface area contributed by atoms with Gasteiger partial charge in [0.1, 0.15) is 0 Å². The highest BCUT2D eigenvalue weighted by atomic mass is 16.7. The summed E-state index contributed by atoms with van der Waals surface area (Å²) in [4.78, 5) is 25.2. The number of ketones is 1. The molecule has 0 saturated heterocycles. The van der Waals surface area contributed by atoms with Crippen LogP contribution in [0, 0.1) is 13.8 Å². The third-order valence-corrected chi connectivity index (χ3v) is 4.36. The van der Waals surface area contributed by atoms with Crippen LogP contribution in [0.15, 0.2) is 48.5 Å². The van der Waals surface area contributed by atoms with Crippen LogP contribution in [0.1, 0.15) is 21.7 Å². The predicted molar refractivity (Wildman–Crippen MR) is 98.6 cm³/mol. The molecular formula is C20H17N3O4. The van der Waals surface area contributed by atoms with E-state index in [0.717, 1.165) is 5.69 Å². The average Bonchev–Trinajstić information content (AvgIpc) is 3.25. The van der Waals surface area contributed by atoms with Crippen LogP contribution < -0.4 is 14.8 Å². The summed E-state index contributed by atoms with van der Waals surface area (Å²) in [7, 11) is 0. The van der Waals surface area contributed by atoms with Gasteiger partial charge >= 0.3 is 0 Å². The van der Waals surface area contributed by atoms with Crippen molar-refractivity contribution in [2.75, 3.05) is 12.1 Å². The average molecular weight is 363 g/mol. The van der Waals surface area contributed by atoms with Crippen molar-refractivity contribution in [3.8, 4) is 17.2 Å². The van der Waals surface area contributed by atoms with E-state index in [4.69, 9.17) is 9.47 Å². The van der Waals surface area contributed by atoms with Crippen molar-refractivity contribution < 1.29 is 19.1 Å². The van der Waals surface area contributed by atoms with Crippen LogP contribution in [0.5, 0.6) is 11.5 Å². The highest BCUT2D eigenvalue weighted by Crippen LogP contribution is 2.34. The van der Waals surface area contributed by atoms with Gasteiger partial charge < -0.3 is 14.8 Å². The first-order valence-corrected chi connectivity index (χ1v) is 8.41. The van der Waals surface area contributed by atoms with Gasteiger partial charge in [0.2, 0.25) is 6.79 Å². The molecule has 0 fully saturated rings. The molecule has 27 heavy (non-hydrogen) atoms. The van der Waals surface area contributed by atoms with Crippen LogP contribution in [0.3, 0.4) is 0 Å². The summed E-state index contributed by atoms with van der Waals surface area (Å²) >= 11 is 0. The largest absolute Gasteiger partial charge is 0.454 e. The van der Waals surface area contributed by atoms with Gasteiger partial charge in [-0.05, 0) is 38.1 Å². The van der Waals surface area contributed by atoms with Crippen LogP contribution in [0.2, 0.25) is 0 Å². The minimum absolute atomic E-state index is 0.142. The lowest BCUT2D eigenvalue weighted by atomic mass is 10.1. The number of carbonyl (C=O) groups is 2. The van der Waals surface area contributed by atoms with E-state index >= 15 is 0 Å². The van der Waals surface area contributed by atoms with Crippen molar-refractivity contribution in [2.24, 2.45) is 0 Å². The number of fused-ring (bicyclic) bond motifs is 1. The maximum absolute atomic E-state index is 12.7. The number of ether oxygens (including phenoxy) is 2. The molecule has 0 atom stereocenters. The van der Waals surface area contributed by atoms with E-state index in [1.54, 1.807) is 36.7 Å². The molecule has 1 amide bonds. The molecular weight excluding hydrogens is 346 g/mol. The fraction of sp³-hybridized carbons (Fsp3) is 0.150. The van der Waals surface area contributed by atoms with Crippen LogP contribution in [0.25, 0.3) is 5.69 Å². The fourth-order valence-corrected chi connectivity index (χ4v) is 3.07. The smallest absolute Gasteiger partial charge is 0.296 e. The zero-order valence-electron chi connectivity index (χ0n) is 14.9. The van der Waals surface area contributed by atoms with Crippen molar-refractivity contribution >= 4 is 17.4 Å². The lowest BCUT2D eigenvalue weighted by Crippen LogP contribution is -2.24. The maximum Gasteiger partial charge on any atom is 0.296 e. The molecule has 0 saturated carbocycles. The number of Topliss-reactive ketones (excluding diaryl/α,β-unsaturated/α-hetero) is 1. The molecule has 4 rings (SSSR count). The Kier molecular flexibility index (Phi) is 4.12. The normalized spacial score (nSPS) is 12.1. The second kappa shape index (κ2) is 6.60. The van der Waals surface area contributed by atoms with Crippen LogP contribution in [-0.2, 0) is 4.79 Å². The van der Waals surface area contributed by atoms with Crippen LogP contribution in [0.4, 0.5) is 5.69 Å². The summed E-state index contributed by atoms with van der Waals surface area (Å²) in [6, 6.07) is 14.4. The number of carbonyl (C=O) groups excluding carboxylic acids is 2. The summed E-state index contributed by atoms with van der Waals surface area (Å²) in [5.41, 5.74) is 2.71. The number of anilines is 1. The van der Waals surface area contributed by atoms with Crippen molar-refractivity contribution in [3.05, 3.63) is 65.5 Å². The monoisotopic (exact) mass is 363 g/mol. The third-order valence-electron chi connectivity index (χ3n) is 4.36. The van der Waals surface area contributed by atoms with Gasteiger partial charge in [0.15, 0.2) is 11.5 Å². The third kappa shape index (κ3) is 3.03. The Labute approximate surface area is 155 Å². The lowest BCUT2D eigenvalue weighted by molar-refractivity contribution is -0.112. The number of hydrogen-bond donors (Lipinski definition) is 1. The molecule has 136 valence electrons. The van der Waals surface area contributed by atoms with Crippen molar-refractivity contribution in [3.63, 3.8) is 0 Å². The highest BCUT2D eigenvalue weighted by molar-refractivity contribution is 6.47. The predicted octanol–water partition coefficient (Wildman–Crippen LogP) is 3.04. The zero-order chi connectivity index (χ0) is 19.0. The summed E-state index contributed by atoms with van der Waals surface area (Å²) in [6.07, 6.45) is 0. The van der Waals surface area contributed by atoms with Crippen LogP contribution in [-0.4, -0.2) is 28.3 Å². The van der Waals surface area contributed by atoms with E-state index in [0.29, 0.717) is 34.1 Å². The van der Waals surface area contributed by atoms with E-state index in [2.05, 4.69) is 10.4 Å². The van der Waals surface area contributed by atoms with Gasteiger partial charge in [0, 0.05) is 11.8 Å². The Morgan fingerprint density at radius 1 is 1.04 bits per heavy atom. The molecule has 7 nitrogen and oxygen atoms in total. The molecule has 1 aromatic heterocycles. The van der Waals surface area contributed by atoms with Gasteiger partial charge in [0.25, 0.3) is 11.7 Å². The van der Waals surface area contributed by atoms with E-state index < -0.39 is 11.7 Å². The first-order chi connectivity index (χ1) is 13.0. The number of nitrogens with zero attached hydrogens (tertiary/aromatic N) is 2. The number of rotatable bonds is 4. The molecule has 0 radical (unpaired) electrons. The first-order valence-electron chi connectivity index (χ1n) is 8.41. The molecule has 0 unspecified atom stereocenters. The van der Waals surface area contributed by atoms with E-state index in [1.165, 1.54) is 0 Å². The van der Waals surface area contributed by atoms with Crippen molar-refractivity contribution in [1.29, 1.82) is 0 Å². The number of nitrogens with one attached hydrogen (secondary N) is 1. The van der Waals surface area contributed by atoms with Gasteiger partial charge in [-0.1, -0.05) is 18.2 Å². The Hall–Kier alpha value is -3.61. The standard InChI is InChI=1S/C20H17N3O4/c1-12-18(13(2)23(22-12)15-6-4-3-5-7-15)19(24)20(25)21-14-8-9-16-17(10-14)27-11-26-16/h3-10H,11H2,1-2H3,(H,21,25). The SMILES string of the molecule is Cc1nn(-c2ccccc2)c(C)c1C(=O)C(=O)Nc1ccc2c(c1)OCO2. The molecule has 3 aromatic rings. The van der Waals surface area contributed by atoms with E-state index in [9.17, 15) is 9.59 Å². The Bertz CT molecular complexity index is 1040. The molecule has 1 aliphatic heterocycles. The number of benzene rings is 2. The minimum Gasteiger partial charge on any atom is -0.454 e. The minimum atomic E-state index is -0.729. The zero-order valence-corrected chi connectivity index (χ0v) is 14.9. The topological polar surface area (TPSA) is 82.5 Å². The Balaban J connectivity index is 1.59. The summed E-state index contributed by atoms with van der Waals surface area (Å²) in [6.45, 7) is 3.63. The number of hydrogen-bond acceptors (Lipinski definition) is 5. The van der Waals surface area contributed by atoms with Gasteiger partial charge in [-0.25, -0.2) is 4.68 Å². The maximum atomic E-state index is 12.7. The molecule has 1 aliphatic rings. The second-order valence-electron chi connectivity index (χ2n) is 6.14. The van der Waals surface area contributed by atoms with Gasteiger partial charge in [0.05, 0.1) is 22.6 Å². The molecule has 7 heteroatoms. The molecule has 0 bridgehead atoms. The number of amides is 1. The molecule has 0 aliphatic carbocycles. The Morgan fingerprint density at radius 3 is 2.56 bits per heavy atom. The Morgan fingerprint density at radius 2 is 1.78 bits per heavy atom. The van der Waals surface area contributed by atoms with E-state index in [-0.39, 0.29) is 6.79 Å². The van der Waals surface area contributed by atoms with E-state index in [1.807, 2.05) is 30.3 Å². The van der Waals surface area contributed by atoms with Crippen molar-refractivity contribution in [1.82, 2.24) is 9.78 Å². The summed E-state index contributed by atoms with van der Waals surface area (Å²) in [5.74, 6) is -0.225. The van der Waals surface area contributed by atoms with Crippen molar-refractivity contribution in [2.45, 2.75) is 13.8 Å². The quantitative estimate of drug-likeness (QED) is 0.569. The molecule has 1 N–H and O–H groups in total. The first kappa shape index (κ1) is 16.8. The van der Waals surface area contributed by atoms with Crippen LogP contribution >= 0.6 is 0 Å². The summed E-state index contributed by atoms with van der Waals surface area (Å²) in [5, 5.41) is 7.03. The highest BCUT2D eigenvalue weighted by Gasteiger charge is 2.25. The number of aryl methyl sites for hydroxylation is 1. The van der Waals surface area contributed by atoms with Gasteiger partial charge in [-0.2, -0.15) is 5.10 Å². The molecule has 0 spiro atoms. The molecule has 2 heterocycles.